The molecule has 0 heterocycles. The number of esters is 1. The van der Waals surface area contributed by atoms with Gasteiger partial charge in [-0.1, -0.05) is 12.1 Å². The Hall–Kier alpha value is -2.55. The molecule has 0 aliphatic heterocycles. The summed E-state index contributed by atoms with van der Waals surface area (Å²) in [5, 5.41) is 11.8. The van der Waals surface area contributed by atoms with Crippen molar-refractivity contribution in [1.29, 1.82) is 5.26 Å². The van der Waals surface area contributed by atoms with Gasteiger partial charge in [0.05, 0.1) is 13.2 Å². The van der Waals surface area contributed by atoms with Gasteiger partial charge in [0.25, 0.3) is 5.91 Å². The van der Waals surface area contributed by atoms with Crippen LogP contribution in [0, 0.1) is 17.2 Å². The molecule has 0 aromatic heterocycles. The van der Waals surface area contributed by atoms with Crippen LogP contribution in [0.15, 0.2) is 24.3 Å². The lowest BCUT2D eigenvalue weighted by Gasteiger charge is -2.22. The summed E-state index contributed by atoms with van der Waals surface area (Å²) >= 11 is 0. The van der Waals surface area contributed by atoms with Gasteiger partial charge in [0.15, 0.2) is 6.61 Å². The van der Waals surface area contributed by atoms with Crippen LogP contribution in [0.3, 0.4) is 0 Å². The second kappa shape index (κ2) is 6.48. The lowest BCUT2D eigenvalue weighted by molar-refractivity contribution is -0.125. The first kappa shape index (κ1) is 15.8. The normalized spacial score (nSPS) is 16.0. The van der Waals surface area contributed by atoms with Crippen molar-refractivity contribution >= 4 is 11.9 Å². The molecule has 0 unspecified atom stereocenters. The van der Waals surface area contributed by atoms with E-state index in [-0.39, 0.29) is 11.5 Å². The highest BCUT2D eigenvalue weighted by molar-refractivity contribution is 5.94. The van der Waals surface area contributed by atoms with E-state index in [1.54, 1.807) is 31.2 Å². The van der Waals surface area contributed by atoms with E-state index in [0.29, 0.717) is 5.75 Å². The van der Waals surface area contributed by atoms with E-state index < -0.39 is 24.0 Å². The standard InChI is InChI=1S/C16H18N2O4/c1-16(10-17,11-7-8-11)18-14(19)9-22-15(20)12-5-3-4-6-13(12)21-2/h3-6,11H,7-9H2,1-2H3,(H,18,19)/t16-/m0/s1. The fraction of sp³-hybridized carbons (Fsp3) is 0.438. The molecule has 0 bridgehead atoms. The largest absolute Gasteiger partial charge is 0.496 e. The Morgan fingerprint density at radius 3 is 2.68 bits per heavy atom. The van der Waals surface area contributed by atoms with Crippen molar-refractivity contribution in [3.8, 4) is 11.8 Å². The summed E-state index contributed by atoms with van der Waals surface area (Å²) in [6.45, 7) is 1.26. The molecule has 1 atom stereocenters. The molecule has 0 radical (unpaired) electrons. The van der Waals surface area contributed by atoms with Gasteiger partial charge in [-0.3, -0.25) is 4.79 Å². The number of methoxy groups -OCH3 is 1. The highest BCUT2D eigenvalue weighted by atomic mass is 16.5. The molecule has 6 nitrogen and oxygen atoms in total. The van der Waals surface area contributed by atoms with Crippen molar-refractivity contribution in [3.05, 3.63) is 29.8 Å². The molecule has 22 heavy (non-hydrogen) atoms. The third kappa shape index (κ3) is 3.55. The molecule has 1 aliphatic carbocycles. The van der Waals surface area contributed by atoms with Crippen molar-refractivity contribution < 1.29 is 19.1 Å². The summed E-state index contributed by atoms with van der Waals surface area (Å²) in [5.74, 6) is -0.573. The quantitative estimate of drug-likeness (QED) is 0.807. The van der Waals surface area contributed by atoms with E-state index in [1.165, 1.54) is 7.11 Å². The molecule has 1 N–H and O–H groups in total. The van der Waals surface area contributed by atoms with Crippen molar-refractivity contribution in [2.45, 2.75) is 25.3 Å². The van der Waals surface area contributed by atoms with Gasteiger partial charge in [0.2, 0.25) is 0 Å². The summed E-state index contributed by atoms with van der Waals surface area (Å²) in [7, 11) is 1.45. The number of para-hydroxylation sites is 1. The molecule has 1 aliphatic rings. The van der Waals surface area contributed by atoms with Crippen LogP contribution in [0.5, 0.6) is 5.75 Å². The van der Waals surface area contributed by atoms with Gasteiger partial charge in [-0.25, -0.2) is 4.79 Å². The van der Waals surface area contributed by atoms with Crippen LogP contribution in [0.2, 0.25) is 0 Å². The van der Waals surface area contributed by atoms with E-state index >= 15 is 0 Å². The Morgan fingerprint density at radius 2 is 2.09 bits per heavy atom. The number of nitriles is 1. The Bertz CT molecular complexity index is 619. The van der Waals surface area contributed by atoms with Crippen LogP contribution < -0.4 is 10.1 Å². The van der Waals surface area contributed by atoms with Crippen LogP contribution in [0.4, 0.5) is 0 Å². The number of hydrogen-bond acceptors (Lipinski definition) is 5. The molecular formula is C16H18N2O4. The Balaban J connectivity index is 1.91. The molecule has 1 aromatic carbocycles. The van der Waals surface area contributed by atoms with E-state index in [1.807, 2.05) is 0 Å². The third-order valence-corrected chi connectivity index (χ3v) is 3.69. The molecule has 1 saturated carbocycles. The molecule has 0 spiro atoms. The van der Waals surface area contributed by atoms with Crippen LogP contribution in [0.1, 0.15) is 30.1 Å². The van der Waals surface area contributed by atoms with Crippen LogP contribution in [0.25, 0.3) is 0 Å². The van der Waals surface area contributed by atoms with Gasteiger partial charge >= 0.3 is 5.97 Å². The number of nitrogens with one attached hydrogen (secondary N) is 1. The Labute approximate surface area is 129 Å². The van der Waals surface area contributed by atoms with Gasteiger partial charge in [-0.2, -0.15) is 5.26 Å². The van der Waals surface area contributed by atoms with Gasteiger partial charge in [0, 0.05) is 0 Å². The molecule has 6 heteroatoms. The summed E-state index contributed by atoms with van der Waals surface area (Å²) in [6.07, 6.45) is 1.84. The minimum Gasteiger partial charge on any atom is -0.496 e. The minimum atomic E-state index is -0.895. The smallest absolute Gasteiger partial charge is 0.342 e. The zero-order valence-electron chi connectivity index (χ0n) is 12.6. The van der Waals surface area contributed by atoms with Crippen molar-refractivity contribution in [1.82, 2.24) is 5.32 Å². The molecule has 116 valence electrons. The molecule has 1 aromatic rings. The Morgan fingerprint density at radius 1 is 1.41 bits per heavy atom. The van der Waals surface area contributed by atoms with E-state index in [4.69, 9.17) is 9.47 Å². The second-order valence-electron chi connectivity index (χ2n) is 5.41. The number of nitrogens with zero attached hydrogens (tertiary/aromatic N) is 1. The predicted octanol–water partition coefficient (Wildman–Crippen LogP) is 1.66. The van der Waals surface area contributed by atoms with Gasteiger partial charge in [0.1, 0.15) is 16.9 Å². The molecule has 0 saturated heterocycles. The maximum atomic E-state index is 12.0. The molecule has 1 amide bonds. The van der Waals surface area contributed by atoms with Crippen LogP contribution in [-0.2, 0) is 9.53 Å². The topological polar surface area (TPSA) is 88.4 Å². The minimum absolute atomic E-state index is 0.173. The number of carbonyl (C=O) groups is 2. The maximum absolute atomic E-state index is 12.0. The average molecular weight is 302 g/mol. The lowest BCUT2D eigenvalue weighted by atomic mass is 9.98. The first-order valence-corrected chi connectivity index (χ1v) is 7.02. The summed E-state index contributed by atoms with van der Waals surface area (Å²) < 4.78 is 10.0. The third-order valence-electron chi connectivity index (χ3n) is 3.69. The number of hydrogen-bond donors (Lipinski definition) is 1. The van der Waals surface area contributed by atoms with Crippen molar-refractivity contribution in [2.24, 2.45) is 5.92 Å². The van der Waals surface area contributed by atoms with E-state index in [9.17, 15) is 14.9 Å². The van der Waals surface area contributed by atoms with Gasteiger partial charge in [-0.05, 0) is 37.8 Å². The number of amides is 1. The van der Waals surface area contributed by atoms with Crippen LogP contribution in [-0.4, -0.2) is 31.1 Å². The SMILES string of the molecule is COc1ccccc1C(=O)OCC(=O)N[C@@](C)(C#N)C1CC1. The van der Waals surface area contributed by atoms with E-state index in [2.05, 4.69) is 11.4 Å². The highest BCUT2D eigenvalue weighted by Crippen LogP contribution is 2.39. The summed E-state index contributed by atoms with van der Waals surface area (Å²) in [5.41, 5.74) is -0.642. The predicted molar refractivity (Wildman–Crippen MR) is 78.2 cm³/mol. The lowest BCUT2D eigenvalue weighted by Crippen LogP contribution is -2.48. The summed E-state index contributed by atoms with van der Waals surface area (Å²) in [4.78, 5) is 23.8. The molecule has 2 rings (SSSR count). The van der Waals surface area contributed by atoms with Gasteiger partial charge < -0.3 is 14.8 Å². The zero-order valence-corrected chi connectivity index (χ0v) is 12.6. The first-order valence-electron chi connectivity index (χ1n) is 7.02. The second-order valence-corrected chi connectivity index (χ2v) is 5.41. The number of ether oxygens (including phenoxy) is 2. The Kier molecular flexibility index (Phi) is 4.66. The zero-order chi connectivity index (χ0) is 16.2. The van der Waals surface area contributed by atoms with E-state index in [0.717, 1.165) is 12.8 Å². The van der Waals surface area contributed by atoms with Crippen molar-refractivity contribution in [2.75, 3.05) is 13.7 Å². The number of benzene rings is 1. The number of rotatable bonds is 6. The van der Waals surface area contributed by atoms with Crippen molar-refractivity contribution in [3.63, 3.8) is 0 Å². The first-order chi connectivity index (χ1) is 10.5. The number of carbonyl (C=O) groups excluding carboxylic acids is 2. The van der Waals surface area contributed by atoms with Crippen LogP contribution >= 0.6 is 0 Å². The fourth-order valence-corrected chi connectivity index (χ4v) is 2.23. The fourth-order valence-electron chi connectivity index (χ4n) is 2.23. The average Bonchev–Trinajstić information content (AvgIpc) is 3.37. The highest BCUT2D eigenvalue weighted by Gasteiger charge is 2.43. The molecule has 1 fully saturated rings. The van der Waals surface area contributed by atoms with Gasteiger partial charge in [-0.15, -0.1) is 0 Å². The summed E-state index contributed by atoms with van der Waals surface area (Å²) in [6, 6.07) is 8.72. The molecular weight excluding hydrogens is 284 g/mol. The monoisotopic (exact) mass is 302 g/mol. The maximum Gasteiger partial charge on any atom is 0.342 e.